The standard InChI is InChI=1S/C16H13N5S2/c1-3-22-16-10(8-17)14-18-9(2)13-15(21(14)20-16)19-11-6-4-5-7-12(11)23-13/h4-7,19H,3H2,1-2H3. The minimum Gasteiger partial charge on any atom is -0.338 e. The Bertz CT molecular complexity index is 971. The maximum absolute atomic E-state index is 9.50. The molecule has 0 radical (unpaired) electrons. The number of thioether (sulfide) groups is 1. The molecular formula is C16H13N5S2. The molecule has 1 aliphatic rings. The molecule has 0 saturated carbocycles. The predicted octanol–water partition coefficient (Wildman–Crippen LogP) is 4.23. The summed E-state index contributed by atoms with van der Waals surface area (Å²) >= 11 is 3.25. The summed E-state index contributed by atoms with van der Waals surface area (Å²) in [7, 11) is 0. The number of aromatic nitrogens is 3. The van der Waals surface area contributed by atoms with Crippen LogP contribution in [0.4, 0.5) is 11.5 Å². The van der Waals surface area contributed by atoms with Gasteiger partial charge in [-0.3, -0.25) is 0 Å². The Hall–Kier alpha value is -2.17. The van der Waals surface area contributed by atoms with Crippen molar-refractivity contribution in [1.82, 2.24) is 14.6 Å². The molecule has 5 nitrogen and oxygen atoms in total. The highest BCUT2D eigenvalue weighted by molar-refractivity contribution is 8.00. The van der Waals surface area contributed by atoms with Crippen molar-refractivity contribution >= 4 is 40.7 Å². The van der Waals surface area contributed by atoms with Crippen molar-refractivity contribution in [1.29, 1.82) is 5.26 Å². The molecule has 2 aromatic heterocycles. The van der Waals surface area contributed by atoms with Crippen molar-refractivity contribution in [3.63, 3.8) is 0 Å². The number of hydrogen-bond donors (Lipinski definition) is 1. The van der Waals surface area contributed by atoms with E-state index in [1.165, 1.54) is 4.90 Å². The highest BCUT2D eigenvalue weighted by Crippen LogP contribution is 2.45. The predicted molar refractivity (Wildman–Crippen MR) is 92.7 cm³/mol. The maximum Gasteiger partial charge on any atom is 0.176 e. The zero-order valence-corrected chi connectivity index (χ0v) is 14.3. The second-order valence-electron chi connectivity index (χ2n) is 5.06. The third-order valence-corrected chi connectivity index (χ3v) is 5.72. The molecule has 0 amide bonds. The zero-order valence-electron chi connectivity index (χ0n) is 12.6. The summed E-state index contributed by atoms with van der Waals surface area (Å²) in [6, 6.07) is 10.4. The Morgan fingerprint density at radius 2 is 2.22 bits per heavy atom. The van der Waals surface area contributed by atoms with E-state index in [0.29, 0.717) is 11.2 Å². The third kappa shape index (κ3) is 2.18. The molecule has 1 N–H and O–H groups in total. The van der Waals surface area contributed by atoms with Crippen molar-refractivity contribution < 1.29 is 0 Å². The van der Waals surface area contributed by atoms with Crippen LogP contribution < -0.4 is 5.32 Å². The van der Waals surface area contributed by atoms with Gasteiger partial charge in [-0.05, 0) is 24.8 Å². The van der Waals surface area contributed by atoms with Gasteiger partial charge in [-0.2, -0.15) is 14.9 Å². The van der Waals surface area contributed by atoms with Crippen LogP contribution in [0.3, 0.4) is 0 Å². The van der Waals surface area contributed by atoms with Crippen LogP contribution in [-0.4, -0.2) is 20.4 Å². The largest absolute Gasteiger partial charge is 0.338 e. The van der Waals surface area contributed by atoms with Gasteiger partial charge in [-0.15, -0.1) is 11.8 Å². The molecule has 0 spiro atoms. The fourth-order valence-electron chi connectivity index (χ4n) is 2.59. The topological polar surface area (TPSA) is 66.0 Å². The average Bonchev–Trinajstić information content (AvgIpc) is 2.91. The van der Waals surface area contributed by atoms with Crippen molar-refractivity contribution in [2.75, 3.05) is 11.1 Å². The van der Waals surface area contributed by atoms with E-state index < -0.39 is 0 Å². The first-order valence-electron chi connectivity index (χ1n) is 7.23. The van der Waals surface area contributed by atoms with E-state index in [1.807, 2.05) is 32.0 Å². The van der Waals surface area contributed by atoms with Gasteiger partial charge in [0.1, 0.15) is 22.5 Å². The number of nitrogens with one attached hydrogen (secondary N) is 1. The Morgan fingerprint density at radius 3 is 3.00 bits per heavy atom. The molecule has 23 heavy (non-hydrogen) atoms. The van der Waals surface area contributed by atoms with Crippen LogP contribution in [0.5, 0.6) is 0 Å². The number of fused-ring (bicyclic) bond motifs is 4. The molecule has 0 fully saturated rings. The van der Waals surface area contributed by atoms with E-state index in [1.54, 1.807) is 28.0 Å². The molecule has 3 aromatic rings. The molecule has 3 heterocycles. The number of nitrogens with zero attached hydrogens (tertiary/aromatic N) is 4. The van der Waals surface area contributed by atoms with Gasteiger partial charge in [0.25, 0.3) is 0 Å². The van der Waals surface area contributed by atoms with E-state index in [4.69, 9.17) is 0 Å². The van der Waals surface area contributed by atoms with Crippen molar-refractivity contribution in [3.05, 3.63) is 35.5 Å². The number of hydrogen-bond acceptors (Lipinski definition) is 6. The molecule has 0 saturated heterocycles. The molecule has 1 aliphatic heterocycles. The molecule has 0 bridgehead atoms. The van der Waals surface area contributed by atoms with Crippen LogP contribution in [0.25, 0.3) is 5.65 Å². The first-order valence-corrected chi connectivity index (χ1v) is 9.03. The van der Waals surface area contributed by atoms with Gasteiger partial charge in [0.2, 0.25) is 0 Å². The Morgan fingerprint density at radius 1 is 1.39 bits per heavy atom. The molecular weight excluding hydrogens is 326 g/mol. The molecule has 0 atom stereocenters. The molecule has 1 aromatic carbocycles. The minimum atomic E-state index is 0.549. The SMILES string of the molecule is CCSc1nn2c3c(c(C)nc2c1C#N)Sc1ccccc1N3. The van der Waals surface area contributed by atoms with Gasteiger partial charge in [0, 0.05) is 4.90 Å². The number of benzene rings is 1. The Labute approximate surface area is 142 Å². The summed E-state index contributed by atoms with van der Waals surface area (Å²) in [6.45, 7) is 4.02. The first-order chi connectivity index (χ1) is 11.2. The van der Waals surface area contributed by atoms with Gasteiger partial charge >= 0.3 is 0 Å². The van der Waals surface area contributed by atoms with Crippen LogP contribution in [0.1, 0.15) is 18.2 Å². The lowest BCUT2D eigenvalue weighted by molar-refractivity contribution is 0.865. The Kier molecular flexibility index (Phi) is 3.43. The van der Waals surface area contributed by atoms with Crippen LogP contribution in [-0.2, 0) is 0 Å². The van der Waals surface area contributed by atoms with E-state index >= 15 is 0 Å². The van der Waals surface area contributed by atoms with Crippen molar-refractivity contribution in [2.24, 2.45) is 0 Å². The molecule has 0 aliphatic carbocycles. The highest BCUT2D eigenvalue weighted by atomic mass is 32.2. The van der Waals surface area contributed by atoms with Gasteiger partial charge in [-0.25, -0.2) is 4.98 Å². The van der Waals surface area contributed by atoms with Crippen LogP contribution in [0, 0.1) is 18.3 Å². The number of para-hydroxylation sites is 1. The van der Waals surface area contributed by atoms with Crippen LogP contribution in [0.2, 0.25) is 0 Å². The van der Waals surface area contributed by atoms with Gasteiger partial charge in [0.05, 0.1) is 16.3 Å². The van der Waals surface area contributed by atoms with Gasteiger partial charge in [-0.1, -0.05) is 30.8 Å². The number of aryl methyl sites for hydroxylation is 1. The lowest BCUT2D eigenvalue weighted by Crippen LogP contribution is -2.09. The molecule has 4 rings (SSSR count). The average molecular weight is 339 g/mol. The second kappa shape index (κ2) is 5.48. The van der Waals surface area contributed by atoms with Gasteiger partial charge in [0.15, 0.2) is 5.65 Å². The molecule has 114 valence electrons. The molecule has 0 unspecified atom stereocenters. The number of rotatable bonds is 2. The zero-order chi connectivity index (χ0) is 16.0. The summed E-state index contributed by atoms with van der Waals surface area (Å²) < 4.78 is 1.77. The number of nitriles is 1. The van der Waals surface area contributed by atoms with Crippen LogP contribution in [0.15, 0.2) is 39.1 Å². The summed E-state index contributed by atoms with van der Waals surface area (Å²) in [6.07, 6.45) is 0. The van der Waals surface area contributed by atoms with Crippen molar-refractivity contribution in [3.8, 4) is 6.07 Å². The van der Waals surface area contributed by atoms with Crippen molar-refractivity contribution in [2.45, 2.75) is 28.7 Å². The van der Waals surface area contributed by atoms with E-state index in [0.717, 1.165) is 32.9 Å². The normalized spacial score (nSPS) is 12.4. The summed E-state index contributed by atoms with van der Waals surface area (Å²) in [5.74, 6) is 1.75. The van der Waals surface area contributed by atoms with Crippen LogP contribution >= 0.6 is 23.5 Å². The smallest absolute Gasteiger partial charge is 0.176 e. The number of anilines is 2. The van der Waals surface area contributed by atoms with E-state index in [2.05, 4.69) is 27.5 Å². The maximum atomic E-state index is 9.50. The summed E-state index contributed by atoms with van der Waals surface area (Å²) in [5, 5.41) is 18.3. The Balaban J connectivity index is 1.99. The highest BCUT2D eigenvalue weighted by Gasteiger charge is 2.25. The van der Waals surface area contributed by atoms with E-state index in [-0.39, 0.29) is 0 Å². The second-order valence-corrected chi connectivity index (χ2v) is 7.36. The lowest BCUT2D eigenvalue weighted by Gasteiger charge is -2.22. The fraction of sp³-hybridized carbons (Fsp3) is 0.188. The van der Waals surface area contributed by atoms with Gasteiger partial charge < -0.3 is 5.32 Å². The summed E-state index contributed by atoms with van der Waals surface area (Å²) in [5.41, 5.74) is 3.13. The molecule has 7 heteroatoms. The van der Waals surface area contributed by atoms with E-state index in [9.17, 15) is 5.26 Å². The monoisotopic (exact) mass is 339 g/mol. The first kappa shape index (κ1) is 14.4. The fourth-order valence-corrected chi connectivity index (χ4v) is 4.31. The minimum absolute atomic E-state index is 0.549. The third-order valence-electron chi connectivity index (χ3n) is 3.60. The lowest BCUT2D eigenvalue weighted by atomic mass is 10.3. The summed E-state index contributed by atoms with van der Waals surface area (Å²) in [4.78, 5) is 6.86. The quantitative estimate of drug-likeness (QED) is 0.551.